The Hall–Kier alpha value is -2.45. The highest BCUT2D eigenvalue weighted by Crippen LogP contribution is 2.21. The second-order valence-electron chi connectivity index (χ2n) is 9.42. The second kappa shape index (κ2) is 10.7. The first-order valence-corrected chi connectivity index (χ1v) is 12.1. The van der Waals surface area contributed by atoms with Gasteiger partial charge < -0.3 is 14.3 Å². The van der Waals surface area contributed by atoms with Crippen molar-refractivity contribution in [3.63, 3.8) is 0 Å². The molecule has 0 N–H and O–H groups in total. The van der Waals surface area contributed by atoms with Crippen molar-refractivity contribution < 1.29 is 14.1 Å². The minimum Gasteiger partial charge on any atom is -0.341 e. The predicted octanol–water partition coefficient (Wildman–Crippen LogP) is 2.97. The van der Waals surface area contributed by atoms with Crippen molar-refractivity contribution in [2.24, 2.45) is 11.8 Å². The molecule has 2 fully saturated rings. The van der Waals surface area contributed by atoms with Crippen LogP contribution in [0.4, 0.5) is 0 Å². The van der Waals surface area contributed by atoms with E-state index in [1.54, 1.807) is 12.1 Å². The molecule has 3 heterocycles. The maximum absolute atomic E-state index is 12.7. The highest BCUT2D eigenvalue weighted by molar-refractivity contribution is 6.30. The van der Waals surface area contributed by atoms with Crippen LogP contribution in [0.25, 0.3) is 11.4 Å². The Morgan fingerprint density at radius 1 is 1.00 bits per heavy atom. The molecule has 2 saturated heterocycles. The number of halogens is 1. The lowest BCUT2D eigenvalue weighted by atomic mass is 9.92. The summed E-state index contributed by atoms with van der Waals surface area (Å²) in [6.07, 6.45) is 1.92. The van der Waals surface area contributed by atoms with E-state index in [1.165, 1.54) is 6.42 Å². The van der Waals surface area contributed by atoms with Gasteiger partial charge in [0.25, 0.3) is 0 Å². The lowest BCUT2D eigenvalue weighted by molar-refractivity contribution is -0.136. The van der Waals surface area contributed by atoms with Crippen LogP contribution in [0.3, 0.4) is 0 Å². The third kappa shape index (κ3) is 6.32. The van der Waals surface area contributed by atoms with Crippen molar-refractivity contribution in [2.45, 2.75) is 33.1 Å². The van der Waals surface area contributed by atoms with Crippen LogP contribution in [0.2, 0.25) is 5.02 Å². The topological polar surface area (TPSA) is 82.8 Å². The number of aryl methyl sites for hydroxylation is 1. The van der Waals surface area contributed by atoms with Gasteiger partial charge in [-0.25, -0.2) is 0 Å². The first-order chi connectivity index (χ1) is 15.9. The van der Waals surface area contributed by atoms with Gasteiger partial charge in [0.1, 0.15) is 0 Å². The molecule has 2 atom stereocenters. The smallest absolute Gasteiger partial charge is 0.236 e. The summed E-state index contributed by atoms with van der Waals surface area (Å²) < 4.78 is 5.31. The predicted molar refractivity (Wildman–Crippen MR) is 126 cm³/mol. The zero-order chi connectivity index (χ0) is 23.4. The van der Waals surface area contributed by atoms with E-state index < -0.39 is 0 Å². The van der Waals surface area contributed by atoms with E-state index in [2.05, 4.69) is 28.9 Å². The van der Waals surface area contributed by atoms with Gasteiger partial charge in [-0.15, -0.1) is 0 Å². The molecule has 2 amide bonds. The Kier molecular flexibility index (Phi) is 7.65. The fraction of sp³-hybridized carbons (Fsp3) is 0.583. The number of nitrogens with zero attached hydrogens (tertiary/aromatic N) is 5. The third-order valence-electron chi connectivity index (χ3n) is 6.43. The molecule has 0 saturated carbocycles. The van der Waals surface area contributed by atoms with Crippen LogP contribution >= 0.6 is 11.6 Å². The SMILES string of the molecule is CC1CC(C)CN(C(=O)CN2CCN(C(=O)CCc3nc(-c4ccc(Cl)cc4)no3)CC2)C1. The number of amides is 2. The molecule has 33 heavy (non-hydrogen) atoms. The molecule has 0 radical (unpaired) electrons. The normalized spacial score (nSPS) is 21.9. The molecule has 2 aliphatic heterocycles. The highest BCUT2D eigenvalue weighted by Gasteiger charge is 2.28. The van der Waals surface area contributed by atoms with Gasteiger partial charge in [-0.05, 0) is 42.5 Å². The van der Waals surface area contributed by atoms with Gasteiger partial charge in [0.05, 0.1) is 6.54 Å². The van der Waals surface area contributed by atoms with E-state index in [9.17, 15) is 9.59 Å². The zero-order valence-electron chi connectivity index (χ0n) is 19.4. The maximum atomic E-state index is 12.7. The molecule has 0 bridgehead atoms. The van der Waals surface area contributed by atoms with Crippen molar-refractivity contribution in [2.75, 3.05) is 45.8 Å². The van der Waals surface area contributed by atoms with E-state index in [4.69, 9.17) is 16.1 Å². The molecule has 2 aromatic rings. The van der Waals surface area contributed by atoms with Gasteiger partial charge in [0.15, 0.2) is 0 Å². The number of carbonyl (C=O) groups excluding carboxylic acids is 2. The van der Waals surface area contributed by atoms with Crippen LogP contribution in [-0.4, -0.2) is 82.5 Å². The first-order valence-electron chi connectivity index (χ1n) is 11.7. The van der Waals surface area contributed by atoms with Crippen LogP contribution in [0, 0.1) is 11.8 Å². The fourth-order valence-electron chi connectivity index (χ4n) is 4.76. The average molecular weight is 474 g/mol. The summed E-state index contributed by atoms with van der Waals surface area (Å²) in [6, 6.07) is 7.21. The fourth-order valence-corrected chi connectivity index (χ4v) is 4.88. The molecule has 2 aliphatic rings. The van der Waals surface area contributed by atoms with Gasteiger partial charge in [-0.3, -0.25) is 14.5 Å². The average Bonchev–Trinajstić information content (AvgIpc) is 3.27. The molecule has 4 rings (SSSR count). The van der Waals surface area contributed by atoms with Crippen LogP contribution < -0.4 is 0 Å². The summed E-state index contributed by atoms with van der Waals surface area (Å²) in [6.45, 7) is 9.30. The first kappa shape index (κ1) is 23.7. The van der Waals surface area contributed by atoms with Gasteiger partial charge >= 0.3 is 0 Å². The van der Waals surface area contributed by atoms with Crippen LogP contribution in [0.15, 0.2) is 28.8 Å². The standard InChI is InChI=1S/C24H32ClN5O3/c1-17-13-18(2)15-30(14-17)23(32)16-28-9-11-29(12-10-28)22(31)8-7-21-26-24(27-33-21)19-3-5-20(25)6-4-19/h3-6,17-18H,7-16H2,1-2H3. The highest BCUT2D eigenvalue weighted by atomic mass is 35.5. The largest absolute Gasteiger partial charge is 0.341 e. The summed E-state index contributed by atoms with van der Waals surface area (Å²) in [5.74, 6) is 2.35. The molecule has 1 aromatic carbocycles. The number of likely N-dealkylation sites (tertiary alicyclic amines) is 1. The van der Waals surface area contributed by atoms with E-state index >= 15 is 0 Å². The Bertz CT molecular complexity index is 945. The molecule has 9 heteroatoms. The summed E-state index contributed by atoms with van der Waals surface area (Å²) >= 11 is 5.91. The van der Waals surface area contributed by atoms with Gasteiger partial charge in [0, 0.05) is 62.7 Å². The molecule has 1 aromatic heterocycles. The zero-order valence-corrected chi connectivity index (χ0v) is 20.1. The Balaban J connectivity index is 1.20. The minimum atomic E-state index is 0.0749. The number of piperidine rings is 1. The van der Waals surface area contributed by atoms with Crippen LogP contribution in [0.1, 0.15) is 32.6 Å². The van der Waals surface area contributed by atoms with Crippen molar-refractivity contribution in [1.82, 2.24) is 24.8 Å². The van der Waals surface area contributed by atoms with Crippen molar-refractivity contribution in [1.29, 1.82) is 0 Å². The maximum Gasteiger partial charge on any atom is 0.236 e. The number of aromatic nitrogens is 2. The molecule has 2 unspecified atom stereocenters. The van der Waals surface area contributed by atoms with Crippen molar-refractivity contribution in [3.8, 4) is 11.4 Å². The van der Waals surface area contributed by atoms with Crippen LogP contribution in [-0.2, 0) is 16.0 Å². The van der Waals surface area contributed by atoms with E-state index in [1.807, 2.05) is 21.9 Å². The quantitative estimate of drug-likeness (QED) is 0.641. The van der Waals surface area contributed by atoms with Crippen molar-refractivity contribution >= 4 is 23.4 Å². The summed E-state index contributed by atoms with van der Waals surface area (Å²) in [7, 11) is 0. The monoisotopic (exact) mass is 473 g/mol. The number of carbonyl (C=O) groups is 2. The third-order valence-corrected chi connectivity index (χ3v) is 6.68. The number of benzene rings is 1. The molecule has 8 nitrogen and oxygen atoms in total. The summed E-state index contributed by atoms with van der Waals surface area (Å²) in [5, 5.41) is 4.64. The Morgan fingerprint density at radius 3 is 2.33 bits per heavy atom. The minimum absolute atomic E-state index is 0.0749. The molecular weight excluding hydrogens is 442 g/mol. The van der Waals surface area contributed by atoms with Crippen LogP contribution in [0.5, 0.6) is 0 Å². The van der Waals surface area contributed by atoms with Gasteiger partial charge in [-0.1, -0.05) is 30.6 Å². The molecule has 0 spiro atoms. The molecular formula is C24H32ClN5O3. The summed E-state index contributed by atoms with van der Waals surface area (Å²) in [5.41, 5.74) is 0.819. The Morgan fingerprint density at radius 2 is 1.67 bits per heavy atom. The lowest BCUT2D eigenvalue weighted by Crippen LogP contribution is -2.53. The number of rotatable bonds is 6. The van der Waals surface area contributed by atoms with E-state index in [-0.39, 0.29) is 11.8 Å². The number of piperazine rings is 1. The van der Waals surface area contributed by atoms with Gasteiger partial charge in [0.2, 0.25) is 23.5 Å². The Labute approximate surface area is 199 Å². The van der Waals surface area contributed by atoms with E-state index in [0.29, 0.717) is 61.0 Å². The van der Waals surface area contributed by atoms with Gasteiger partial charge in [-0.2, -0.15) is 4.98 Å². The van der Waals surface area contributed by atoms with E-state index in [0.717, 1.165) is 31.7 Å². The summed E-state index contributed by atoms with van der Waals surface area (Å²) in [4.78, 5) is 35.8. The number of hydrogen-bond donors (Lipinski definition) is 0. The molecule has 0 aliphatic carbocycles. The molecule has 178 valence electrons. The second-order valence-corrected chi connectivity index (χ2v) is 9.86. The lowest BCUT2D eigenvalue weighted by Gasteiger charge is -2.38. The number of hydrogen-bond acceptors (Lipinski definition) is 6. The van der Waals surface area contributed by atoms with Crippen molar-refractivity contribution in [3.05, 3.63) is 35.2 Å².